The molecule has 1 N–H and O–H groups in total. The van der Waals surface area contributed by atoms with Gasteiger partial charge >= 0.3 is 5.69 Å². The van der Waals surface area contributed by atoms with Crippen molar-refractivity contribution in [2.45, 2.75) is 19.8 Å². The Hall–Kier alpha value is -3.42. The first-order valence-electron chi connectivity index (χ1n) is 8.99. The second kappa shape index (κ2) is 8.08. The molecule has 0 radical (unpaired) electrons. The van der Waals surface area contributed by atoms with Gasteiger partial charge < -0.3 is 10.1 Å². The van der Waals surface area contributed by atoms with Crippen LogP contribution in [0.1, 0.15) is 18.9 Å². The second-order valence-corrected chi connectivity index (χ2v) is 6.46. The molecule has 0 aliphatic carbocycles. The summed E-state index contributed by atoms with van der Waals surface area (Å²) in [4.78, 5) is 41.7. The lowest BCUT2D eigenvalue weighted by molar-refractivity contribution is -0.118. The third kappa shape index (κ3) is 3.66. The summed E-state index contributed by atoms with van der Waals surface area (Å²) in [7, 11) is 2.95. The second-order valence-electron chi connectivity index (χ2n) is 6.46. The fourth-order valence-corrected chi connectivity index (χ4v) is 3.01. The number of anilines is 1. The van der Waals surface area contributed by atoms with Crippen molar-refractivity contribution in [3.8, 4) is 5.75 Å². The summed E-state index contributed by atoms with van der Waals surface area (Å²) in [6.45, 7) is 1.79. The van der Waals surface area contributed by atoms with Gasteiger partial charge in [0.25, 0.3) is 11.5 Å². The van der Waals surface area contributed by atoms with Gasteiger partial charge in [-0.05, 0) is 24.1 Å². The Morgan fingerprint density at radius 3 is 2.54 bits per heavy atom. The molecule has 0 saturated carbocycles. The van der Waals surface area contributed by atoms with E-state index in [0.29, 0.717) is 17.9 Å². The molecule has 8 nitrogen and oxygen atoms in total. The van der Waals surface area contributed by atoms with Crippen LogP contribution >= 0.6 is 0 Å². The van der Waals surface area contributed by atoms with Crippen LogP contribution in [0, 0.1) is 0 Å². The van der Waals surface area contributed by atoms with Crippen LogP contribution in [0.5, 0.6) is 5.75 Å². The van der Waals surface area contributed by atoms with Gasteiger partial charge in [-0.1, -0.05) is 31.5 Å². The predicted molar refractivity (Wildman–Crippen MR) is 107 cm³/mol. The lowest BCUT2D eigenvalue weighted by Gasteiger charge is -2.15. The minimum Gasteiger partial charge on any atom is -0.484 e. The van der Waals surface area contributed by atoms with Crippen molar-refractivity contribution in [2.75, 3.05) is 11.9 Å². The van der Waals surface area contributed by atoms with Gasteiger partial charge in [0.1, 0.15) is 11.1 Å². The molecule has 28 heavy (non-hydrogen) atoms. The van der Waals surface area contributed by atoms with E-state index in [1.54, 1.807) is 25.4 Å². The maximum absolute atomic E-state index is 12.8. The van der Waals surface area contributed by atoms with Crippen LogP contribution in [0.3, 0.4) is 0 Å². The number of hydrogen-bond donors (Lipinski definition) is 1. The highest BCUT2D eigenvalue weighted by atomic mass is 16.5. The highest BCUT2D eigenvalue weighted by molar-refractivity contribution is 6.01. The van der Waals surface area contributed by atoms with Crippen molar-refractivity contribution in [3.05, 3.63) is 62.9 Å². The molecule has 0 atom stereocenters. The Morgan fingerprint density at radius 2 is 1.86 bits per heavy atom. The maximum atomic E-state index is 12.8. The van der Waals surface area contributed by atoms with E-state index in [0.717, 1.165) is 16.6 Å². The van der Waals surface area contributed by atoms with E-state index in [2.05, 4.69) is 10.3 Å². The van der Waals surface area contributed by atoms with Gasteiger partial charge in [0.2, 0.25) is 0 Å². The monoisotopic (exact) mass is 382 g/mol. The topological polar surface area (TPSA) is 95.2 Å². The van der Waals surface area contributed by atoms with Gasteiger partial charge in [-0.3, -0.25) is 18.7 Å². The van der Waals surface area contributed by atoms with Crippen LogP contribution in [-0.4, -0.2) is 26.6 Å². The molecule has 2 aromatic heterocycles. The number of fused-ring (bicyclic) bond motifs is 1. The largest absolute Gasteiger partial charge is 0.484 e. The minimum atomic E-state index is -0.497. The van der Waals surface area contributed by atoms with Crippen molar-refractivity contribution >= 4 is 22.6 Å². The number of amides is 1. The van der Waals surface area contributed by atoms with E-state index in [9.17, 15) is 14.4 Å². The lowest BCUT2D eigenvalue weighted by Crippen LogP contribution is -2.38. The molecule has 2 heterocycles. The number of nitrogens with zero attached hydrogens (tertiary/aromatic N) is 3. The van der Waals surface area contributed by atoms with Crippen molar-refractivity contribution in [3.63, 3.8) is 0 Å². The average Bonchev–Trinajstić information content (AvgIpc) is 2.71. The van der Waals surface area contributed by atoms with Gasteiger partial charge in [0.15, 0.2) is 12.3 Å². The maximum Gasteiger partial charge on any atom is 0.332 e. The highest BCUT2D eigenvalue weighted by Crippen LogP contribution is 2.24. The first-order valence-corrected chi connectivity index (χ1v) is 8.99. The highest BCUT2D eigenvalue weighted by Gasteiger charge is 2.18. The third-order valence-electron chi connectivity index (χ3n) is 4.44. The molecule has 1 amide bonds. The van der Waals surface area contributed by atoms with Crippen molar-refractivity contribution in [1.82, 2.24) is 14.1 Å². The van der Waals surface area contributed by atoms with Gasteiger partial charge in [-0.2, -0.15) is 0 Å². The Kier molecular flexibility index (Phi) is 5.58. The van der Waals surface area contributed by atoms with Gasteiger partial charge in [0.05, 0.1) is 5.69 Å². The molecular weight excluding hydrogens is 360 g/mol. The molecule has 0 fully saturated rings. The van der Waals surface area contributed by atoms with Gasteiger partial charge in [0, 0.05) is 20.3 Å². The van der Waals surface area contributed by atoms with Gasteiger partial charge in [-0.15, -0.1) is 0 Å². The molecule has 1 aromatic carbocycles. The standard InChI is InChI=1S/C20H22N4O4/c1-4-8-13-11-21-18-16(19(26)24(3)20(27)23(18)2)17(13)22-15(25)12-28-14-9-6-5-7-10-14/h5-7,9-11H,4,8,12H2,1-3H3,(H,21,22,25). The Bertz CT molecular complexity index is 1130. The molecule has 0 aliphatic heterocycles. The fraction of sp³-hybridized carbons (Fsp3) is 0.300. The van der Waals surface area contributed by atoms with E-state index in [1.807, 2.05) is 25.1 Å². The van der Waals surface area contributed by atoms with Crippen LogP contribution in [0.2, 0.25) is 0 Å². The third-order valence-corrected chi connectivity index (χ3v) is 4.44. The summed E-state index contributed by atoms with van der Waals surface area (Å²) in [5.74, 6) is 0.175. The molecule has 3 rings (SSSR count). The van der Waals surface area contributed by atoms with E-state index >= 15 is 0 Å². The fourth-order valence-electron chi connectivity index (χ4n) is 3.01. The number of benzene rings is 1. The summed E-state index contributed by atoms with van der Waals surface area (Å²) in [6, 6.07) is 8.99. The van der Waals surface area contributed by atoms with Crippen LogP contribution in [0.4, 0.5) is 5.69 Å². The van der Waals surface area contributed by atoms with E-state index < -0.39 is 17.2 Å². The van der Waals surface area contributed by atoms with Crippen molar-refractivity contribution in [1.29, 1.82) is 0 Å². The van der Waals surface area contributed by atoms with E-state index in [-0.39, 0.29) is 17.6 Å². The molecule has 3 aromatic rings. The number of nitrogens with one attached hydrogen (secondary N) is 1. The minimum absolute atomic E-state index is 0.203. The number of carbonyl (C=O) groups excluding carboxylic acids is 1. The summed E-state index contributed by atoms with van der Waals surface area (Å²) in [5, 5.41) is 3.00. The number of aryl methyl sites for hydroxylation is 2. The molecular formula is C20H22N4O4. The zero-order chi connectivity index (χ0) is 20.3. The van der Waals surface area contributed by atoms with Crippen LogP contribution in [-0.2, 0) is 25.3 Å². The van der Waals surface area contributed by atoms with Crippen molar-refractivity contribution in [2.24, 2.45) is 14.1 Å². The molecule has 0 aliphatic rings. The van der Waals surface area contributed by atoms with Crippen LogP contribution < -0.4 is 21.3 Å². The number of hydrogen-bond acceptors (Lipinski definition) is 5. The zero-order valence-corrected chi connectivity index (χ0v) is 16.1. The molecule has 8 heteroatoms. The number of ether oxygens (including phenoxy) is 1. The average molecular weight is 382 g/mol. The van der Waals surface area contributed by atoms with Crippen molar-refractivity contribution < 1.29 is 9.53 Å². The number of aromatic nitrogens is 3. The quantitative estimate of drug-likeness (QED) is 0.699. The Labute approximate surface area is 161 Å². The molecule has 0 bridgehead atoms. The number of para-hydroxylation sites is 1. The van der Waals surface area contributed by atoms with Gasteiger partial charge in [-0.25, -0.2) is 9.78 Å². The number of pyridine rings is 1. The lowest BCUT2D eigenvalue weighted by atomic mass is 10.1. The molecule has 146 valence electrons. The number of rotatable bonds is 6. The Morgan fingerprint density at radius 1 is 1.14 bits per heavy atom. The SMILES string of the molecule is CCCc1cnc2c(c1NC(=O)COc1ccccc1)c(=O)n(C)c(=O)n2C. The smallest absolute Gasteiger partial charge is 0.332 e. The number of carbonyl (C=O) groups is 1. The first-order chi connectivity index (χ1) is 13.4. The van der Waals surface area contributed by atoms with E-state index in [1.165, 1.54) is 11.6 Å². The van der Waals surface area contributed by atoms with E-state index in [4.69, 9.17) is 4.74 Å². The Balaban J connectivity index is 2.02. The molecule has 0 unspecified atom stereocenters. The summed E-state index contributed by atoms with van der Waals surface area (Å²) in [5.41, 5.74) is 0.372. The van der Waals surface area contributed by atoms with Crippen LogP contribution in [0.25, 0.3) is 11.0 Å². The first kappa shape index (κ1) is 19.3. The summed E-state index contributed by atoms with van der Waals surface area (Å²) >= 11 is 0. The summed E-state index contributed by atoms with van der Waals surface area (Å²) in [6.07, 6.45) is 3.03. The molecule has 0 saturated heterocycles. The molecule has 0 spiro atoms. The zero-order valence-electron chi connectivity index (χ0n) is 16.1. The summed E-state index contributed by atoms with van der Waals surface area (Å²) < 4.78 is 7.79. The van der Waals surface area contributed by atoms with Crippen LogP contribution in [0.15, 0.2) is 46.1 Å². The normalized spacial score (nSPS) is 10.8. The predicted octanol–water partition coefficient (Wildman–Crippen LogP) is 1.60.